The summed E-state index contributed by atoms with van der Waals surface area (Å²) in [6, 6.07) is 0.338. The first-order valence-corrected chi connectivity index (χ1v) is 3.88. The maximum atomic E-state index is 5.07. The number of nitrogens with one attached hydrogen (secondary N) is 1. The van der Waals surface area contributed by atoms with Crippen LogP contribution in [0.15, 0.2) is 12.8 Å². The average Bonchev–Trinajstić information content (AvgIpc) is 1.85. The number of hydrogen-bond acceptors (Lipinski definition) is 2. The van der Waals surface area contributed by atoms with Crippen LogP contribution in [0.1, 0.15) is 20.8 Å². The molecule has 0 saturated heterocycles. The highest BCUT2D eigenvalue weighted by molar-refractivity contribution is 4.83. The zero-order valence-electron chi connectivity index (χ0n) is 7.98. The van der Waals surface area contributed by atoms with Crippen molar-refractivity contribution in [1.29, 1.82) is 0 Å². The van der Waals surface area contributed by atoms with Gasteiger partial charge in [0.2, 0.25) is 0 Å². The van der Waals surface area contributed by atoms with Gasteiger partial charge in [0, 0.05) is 7.11 Å². The second-order valence-electron chi connectivity index (χ2n) is 3.74. The second kappa shape index (κ2) is 4.39. The average molecular weight is 157 g/mol. The molecule has 0 spiro atoms. The second-order valence-corrected chi connectivity index (χ2v) is 3.74. The molecule has 0 aliphatic rings. The molecular weight excluding hydrogens is 138 g/mol. The Morgan fingerprint density at radius 2 is 2.09 bits per heavy atom. The minimum Gasteiger partial charge on any atom is -0.386 e. The van der Waals surface area contributed by atoms with E-state index in [2.05, 4.69) is 32.7 Å². The quantitative estimate of drug-likeness (QED) is 0.671. The van der Waals surface area contributed by atoms with Gasteiger partial charge in [-0.3, -0.25) is 0 Å². The molecule has 1 N–H and O–H groups in total. The van der Waals surface area contributed by atoms with E-state index in [4.69, 9.17) is 4.74 Å². The van der Waals surface area contributed by atoms with Crippen LogP contribution in [0.3, 0.4) is 0 Å². The minimum absolute atomic E-state index is 0.212. The maximum Gasteiger partial charge on any atom is 0.0668 e. The first kappa shape index (κ1) is 10.5. The minimum atomic E-state index is 0.212. The van der Waals surface area contributed by atoms with Crippen LogP contribution >= 0.6 is 0 Å². The van der Waals surface area contributed by atoms with Gasteiger partial charge in [0.1, 0.15) is 0 Å². The van der Waals surface area contributed by atoms with Gasteiger partial charge in [-0.05, 0) is 11.6 Å². The van der Waals surface area contributed by atoms with E-state index in [1.165, 1.54) is 0 Å². The fourth-order valence-corrected chi connectivity index (χ4v) is 0.857. The normalized spacial score (nSPS) is 14.2. The molecule has 2 nitrogen and oxygen atoms in total. The lowest BCUT2D eigenvalue weighted by Crippen LogP contribution is -2.40. The van der Waals surface area contributed by atoms with Crippen molar-refractivity contribution in [3.8, 4) is 0 Å². The molecule has 0 aliphatic carbocycles. The van der Waals surface area contributed by atoms with Crippen molar-refractivity contribution in [2.24, 2.45) is 5.41 Å². The Labute approximate surface area is 69.6 Å². The van der Waals surface area contributed by atoms with Gasteiger partial charge in [-0.15, -0.1) is 0 Å². The van der Waals surface area contributed by atoms with Crippen LogP contribution in [0.5, 0.6) is 0 Å². The molecule has 0 aromatic rings. The Bertz CT molecular complexity index is 115. The predicted molar refractivity (Wildman–Crippen MR) is 48.5 cm³/mol. The molecular formula is C9H19NO. The first-order chi connectivity index (χ1) is 5.02. The number of hydrogen-bond donors (Lipinski definition) is 1. The lowest BCUT2D eigenvalue weighted by Gasteiger charge is -2.30. The molecule has 0 bridgehead atoms. The molecule has 0 fully saturated rings. The Kier molecular flexibility index (Phi) is 4.19. The third kappa shape index (κ3) is 4.04. The molecule has 0 aromatic carbocycles. The molecule has 0 rings (SSSR count). The third-order valence-corrected chi connectivity index (χ3v) is 1.70. The Morgan fingerprint density at radius 1 is 1.55 bits per heavy atom. The van der Waals surface area contributed by atoms with Crippen molar-refractivity contribution in [3.63, 3.8) is 0 Å². The van der Waals surface area contributed by atoms with E-state index in [0.29, 0.717) is 6.04 Å². The summed E-state index contributed by atoms with van der Waals surface area (Å²) in [4.78, 5) is 0. The zero-order chi connectivity index (χ0) is 8.91. The maximum absolute atomic E-state index is 5.07. The van der Waals surface area contributed by atoms with Crippen LogP contribution in [-0.4, -0.2) is 19.8 Å². The van der Waals surface area contributed by atoms with Gasteiger partial charge in [-0.1, -0.05) is 27.4 Å². The van der Waals surface area contributed by atoms with E-state index in [1.54, 1.807) is 13.3 Å². The topological polar surface area (TPSA) is 21.3 Å². The van der Waals surface area contributed by atoms with E-state index >= 15 is 0 Å². The lowest BCUT2D eigenvalue weighted by atomic mass is 9.87. The molecule has 0 aliphatic heterocycles. The first-order valence-electron chi connectivity index (χ1n) is 3.88. The summed E-state index contributed by atoms with van der Waals surface area (Å²) in [6.45, 7) is 10.9. The molecule has 0 saturated carbocycles. The lowest BCUT2D eigenvalue weighted by molar-refractivity contribution is 0.122. The van der Waals surface area contributed by atoms with Crippen molar-refractivity contribution < 1.29 is 4.74 Å². The van der Waals surface area contributed by atoms with E-state index in [-0.39, 0.29) is 5.41 Å². The smallest absolute Gasteiger partial charge is 0.0668 e. The highest BCUT2D eigenvalue weighted by Crippen LogP contribution is 2.19. The molecule has 66 valence electrons. The summed E-state index contributed by atoms with van der Waals surface area (Å²) < 4.78 is 5.07. The van der Waals surface area contributed by atoms with Crippen LogP contribution in [-0.2, 0) is 4.74 Å². The van der Waals surface area contributed by atoms with Gasteiger partial charge in [0.15, 0.2) is 0 Å². The molecule has 0 radical (unpaired) electrons. The summed E-state index contributed by atoms with van der Waals surface area (Å²) in [5.74, 6) is 0. The summed E-state index contributed by atoms with van der Waals surface area (Å²) in [5.41, 5.74) is 0.212. The molecule has 0 amide bonds. The van der Waals surface area contributed by atoms with Crippen LogP contribution in [0.4, 0.5) is 0 Å². The summed E-state index contributed by atoms with van der Waals surface area (Å²) in [7, 11) is 1.71. The van der Waals surface area contributed by atoms with Crippen LogP contribution in [0.25, 0.3) is 0 Å². The summed E-state index contributed by atoms with van der Waals surface area (Å²) >= 11 is 0. The van der Waals surface area contributed by atoms with Crippen LogP contribution in [0.2, 0.25) is 0 Å². The number of methoxy groups -OCH3 is 1. The van der Waals surface area contributed by atoms with Crippen molar-refractivity contribution in [2.45, 2.75) is 26.8 Å². The highest BCUT2D eigenvalue weighted by atomic mass is 16.5. The molecule has 1 unspecified atom stereocenters. The molecule has 2 heteroatoms. The Morgan fingerprint density at radius 3 is 2.36 bits per heavy atom. The van der Waals surface area contributed by atoms with Gasteiger partial charge in [-0.25, -0.2) is 0 Å². The largest absolute Gasteiger partial charge is 0.386 e. The summed E-state index contributed by atoms with van der Waals surface area (Å²) in [6.07, 6.45) is 1.72. The standard InChI is InChI=1S/C9H19NO/c1-6-10-8(7-11-5)9(2,3)4/h6,8,10H,1,7H2,2-5H3. The van der Waals surface area contributed by atoms with E-state index in [1.807, 2.05) is 0 Å². The van der Waals surface area contributed by atoms with Crippen LogP contribution in [0, 0.1) is 5.41 Å². The third-order valence-electron chi connectivity index (χ3n) is 1.70. The van der Waals surface area contributed by atoms with E-state index in [9.17, 15) is 0 Å². The van der Waals surface area contributed by atoms with E-state index in [0.717, 1.165) is 6.61 Å². The monoisotopic (exact) mass is 157 g/mol. The van der Waals surface area contributed by atoms with Gasteiger partial charge < -0.3 is 10.1 Å². The van der Waals surface area contributed by atoms with Crippen molar-refractivity contribution in [3.05, 3.63) is 12.8 Å². The van der Waals surface area contributed by atoms with Crippen molar-refractivity contribution in [2.75, 3.05) is 13.7 Å². The van der Waals surface area contributed by atoms with Crippen molar-refractivity contribution in [1.82, 2.24) is 5.32 Å². The van der Waals surface area contributed by atoms with Gasteiger partial charge >= 0.3 is 0 Å². The molecule has 1 atom stereocenters. The van der Waals surface area contributed by atoms with Crippen molar-refractivity contribution >= 4 is 0 Å². The van der Waals surface area contributed by atoms with Gasteiger partial charge in [-0.2, -0.15) is 0 Å². The highest BCUT2D eigenvalue weighted by Gasteiger charge is 2.22. The fourth-order valence-electron chi connectivity index (χ4n) is 0.857. The molecule has 0 heterocycles. The van der Waals surface area contributed by atoms with Gasteiger partial charge in [0.05, 0.1) is 12.6 Å². The SMILES string of the molecule is C=CNC(COC)C(C)(C)C. The van der Waals surface area contributed by atoms with Crippen LogP contribution < -0.4 is 5.32 Å². The Hall–Kier alpha value is -0.500. The van der Waals surface area contributed by atoms with E-state index < -0.39 is 0 Å². The number of ether oxygens (including phenoxy) is 1. The Balaban J connectivity index is 3.97. The fraction of sp³-hybridized carbons (Fsp3) is 0.778. The van der Waals surface area contributed by atoms with Gasteiger partial charge in [0.25, 0.3) is 0 Å². The zero-order valence-corrected chi connectivity index (χ0v) is 7.98. The summed E-state index contributed by atoms with van der Waals surface area (Å²) in [5, 5.41) is 3.16. The molecule has 11 heavy (non-hydrogen) atoms. The number of rotatable bonds is 4. The molecule has 0 aromatic heterocycles. The predicted octanol–water partition coefficient (Wildman–Crippen LogP) is 1.78.